The van der Waals surface area contributed by atoms with E-state index in [1.165, 1.54) is 36.9 Å². The standard InChI is InChI=1S/C15H20N6OS/c22-15(19-14-18-11(8-23-14)10-4-3-5-10)21-7-2-1-6-12(21)13-16-9-17-20-13/h8-10,12H,1-7H2,(H,16,17,20)(H,18,19,22)/t12-/m0/s1. The number of likely N-dealkylation sites (tertiary alicyclic amines) is 1. The summed E-state index contributed by atoms with van der Waals surface area (Å²) >= 11 is 1.51. The second-order valence-electron chi connectivity index (χ2n) is 6.21. The van der Waals surface area contributed by atoms with Crippen LogP contribution in [0.25, 0.3) is 0 Å². The van der Waals surface area contributed by atoms with Crippen LogP contribution in [0.3, 0.4) is 0 Å². The number of carbonyl (C=O) groups is 1. The Kier molecular flexibility index (Phi) is 3.99. The van der Waals surface area contributed by atoms with Crippen molar-refractivity contribution < 1.29 is 4.79 Å². The van der Waals surface area contributed by atoms with E-state index in [0.29, 0.717) is 11.0 Å². The van der Waals surface area contributed by atoms with Crippen molar-refractivity contribution in [2.24, 2.45) is 0 Å². The molecule has 0 bridgehead atoms. The van der Waals surface area contributed by atoms with Crippen LogP contribution in [0.4, 0.5) is 9.93 Å². The van der Waals surface area contributed by atoms with Crippen molar-refractivity contribution in [1.29, 1.82) is 0 Å². The van der Waals surface area contributed by atoms with Gasteiger partial charge in [0.1, 0.15) is 12.2 Å². The number of carbonyl (C=O) groups excluding carboxylic acids is 1. The molecule has 3 heterocycles. The molecule has 1 aliphatic heterocycles. The minimum absolute atomic E-state index is 0.0303. The van der Waals surface area contributed by atoms with Gasteiger partial charge in [-0.25, -0.2) is 14.8 Å². The zero-order valence-electron chi connectivity index (χ0n) is 12.9. The maximum absolute atomic E-state index is 12.7. The first kappa shape index (κ1) is 14.6. The summed E-state index contributed by atoms with van der Waals surface area (Å²) < 4.78 is 0. The van der Waals surface area contributed by atoms with Crippen LogP contribution < -0.4 is 5.32 Å². The van der Waals surface area contributed by atoms with Crippen molar-refractivity contribution in [1.82, 2.24) is 25.1 Å². The molecule has 1 saturated heterocycles. The minimum Gasteiger partial charge on any atom is -0.314 e. The summed E-state index contributed by atoms with van der Waals surface area (Å²) in [5.74, 6) is 1.35. The summed E-state index contributed by atoms with van der Waals surface area (Å²) in [4.78, 5) is 23.3. The van der Waals surface area contributed by atoms with Gasteiger partial charge in [0.25, 0.3) is 0 Å². The Balaban J connectivity index is 1.45. The number of piperidine rings is 1. The molecule has 0 aromatic carbocycles. The smallest absolute Gasteiger partial charge is 0.314 e. The monoisotopic (exact) mass is 332 g/mol. The Bertz CT molecular complexity index is 665. The van der Waals surface area contributed by atoms with E-state index in [9.17, 15) is 4.79 Å². The molecule has 1 saturated carbocycles. The van der Waals surface area contributed by atoms with Crippen LogP contribution in [-0.2, 0) is 0 Å². The Morgan fingerprint density at radius 3 is 2.96 bits per heavy atom. The van der Waals surface area contributed by atoms with Crippen molar-refractivity contribution in [2.75, 3.05) is 11.9 Å². The average molecular weight is 332 g/mol. The maximum Gasteiger partial charge on any atom is 0.324 e. The SMILES string of the molecule is O=C(Nc1nc(C2CCC2)cs1)N1CCCC[C@H]1c1ncn[nH]1. The van der Waals surface area contributed by atoms with Crippen LogP contribution in [0.15, 0.2) is 11.7 Å². The molecule has 23 heavy (non-hydrogen) atoms. The molecule has 1 atom stereocenters. The molecule has 7 nitrogen and oxygen atoms in total. The predicted octanol–water partition coefficient (Wildman–Crippen LogP) is 3.29. The molecule has 2 N–H and O–H groups in total. The molecule has 2 aromatic heterocycles. The molecular formula is C15H20N6OS. The Labute approximate surface area is 138 Å². The van der Waals surface area contributed by atoms with E-state index in [1.54, 1.807) is 0 Å². The molecule has 2 aliphatic rings. The fourth-order valence-electron chi connectivity index (χ4n) is 3.23. The maximum atomic E-state index is 12.7. The van der Waals surface area contributed by atoms with E-state index in [-0.39, 0.29) is 12.1 Å². The third-order valence-electron chi connectivity index (χ3n) is 4.77. The Hall–Kier alpha value is -1.96. The van der Waals surface area contributed by atoms with Crippen LogP contribution in [0, 0.1) is 0 Å². The highest BCUT2D eigenvalue weighted by Crippen LogP contribution is 2.37. The summed E-state index contributed by atoms with van der Waals surface area (Å²) in [5, 5.41) is 12.5. The van der Waals surface area contributed by atoms with Gasteiger partial charge in [-0.3, -0.25) is 10.4 Å². The summed E-state index contributed by atoms with van der Waals surface area (Å²) in [6.45, 7) is 0.734. The topological polar surface area (TPSA) is 86.8 Å². The molecule has 1 aliphatic carbocycles. The number of amides is 2. The van der Waals surface area contributed by atoms with E-state index in [1.807, 2.05) is 4.90 Å². The lowest BCUT2D eigenvalue weighted by Crippen LogP contribution is -2.41. The summed E-state index contributed by atoms with van der Waals surface area (Å²) in [6, 6.07) is -0.127. The molecule has 0 spiro atoms. The second-order valence-corrected chi connectivity index (χ2v) is 7.07. The summed E-state index contributed by atoms with van der Waals surface area (Å²) in [7, 11) is 0. The van der Waals surface area contributed by atoms with Gasteiger partial charge in [0.2, 0.25) is 0 Å². The minimum atomic E-state index is -0.0967. The van der Waals surface area contributed by atoms with Gasteiger partial charge in [0, 0.05) is 17.8 Å². The van der Waals surface area contributed by atoms with Crippen LogP contribution in [0.5, 0.6) is 0 Å². The van der Waals surface area contributed by atoms with E-state index in [2.05, 4.69) is 30.9 Å². The van der Waals surface area contributed by atoms with Crippen molar-refractivity contribution >= 4 is 22.5 Å². The average Bonchev–Trinajstić information content (AvgIpc) is 3.17. The third-order valence-corrected chi connectivity index (χ3v) is 5.55. The number of H-pyrrole nitrogens is 1. The molecule has 8 heteroatoms. The molecule has 2 aromatic rings. The summed E-state index contributed by atoms with van der Waals surface area (Å²) in [6.07, 6.45) is 8.24. The van der Waals surface area contributed by atoms with Crippen LogP contribution in [0.2, 0.25) is 0 Å². The lowest BCUT2D eigenvalue weighted by atomic mass is 9.83. The third kappa shape index (κ3) is 2.95. The lowest BCUT2D eigenvalue weighted by molar-refractivity contribution is 0.159. The number of nitrogens with one attached hydrogen (secondary N) is 2. The molecule has 0 radical (unpaired) electrons. The number of anilines is 1. The van der Waals surface area contributed by atoms with Crippen molar-refractivity contribution in [3.8, 4) is 0 Å². The number of urea groups is 1. The summed E-state index contributed by atoms with van der Waals surface area (Å²) in [5.41, 5.74) is 1.13. The highest BCUT2D eigenvalue weighted by atomic mass is 32.1. The molecule has 2 amide bonds. The van der Waals surface area contributed by atoms with E-state index >= 15 is 0 Å². The number of hydrogen-bond acceptors (Lipinski definition) is 5. The largest absolute Gasteiger partial charge is 0.324 e. The second kappa shape index (κ2) is 6.27. The Morgan fingerprint density at radius 1 is 1.30 bits per heavy atom. The van der Waals surface area contributed by atoms with Crippen LogP contribution >= 0.6 is 11.3 Å². The molecule has 2 fully saturated rings. The van der Waals surface area contributed by atoms with E-state index in [4.69, 9.17) is 0 Å². The normalized spacial score (nSPS) is 21.9. The Morgan fingerprint density at radius 2 is 2.22 bits per heavy atom. The van der Waals surface area contributed by atoms with Gasteiger partial charge in [-0.15, -0.1) is 11.3 Å². The molecule has 0 unspecified atom stereocenters. The zero-order valence-corrected chi connectivity index (χ0v) is 13.7. The molecular weight excluding hydrogens is 312 g/mol. The molecule has 122 valence electrons. The van der Waals surface area contributed by atoms with Gasteiger partial charge in [-0.1, -0.05) is 6.42 Å². The first-order valence-corrected chi connectivity index (χ1v) is 9.07. The first-order valence-electron chi connectivity index (χ1n) is 8.19. The lowest BCUT2D eigenvalue weighted by Gasteiger charge is -2.33. The fourth-order valence-corrected chi connectivity index (χ4v) is 4.01. The number of aromatic amines is 1. The predicted molar refractivity (Wildman–Crippen MR) is 87.4 cm³/mol. The number of hydrogen-bond donors (Lipinski definition) is 2. The van der Waals surface area contributed by atoms with Crippen LogP contribution in [0.1, 0.15) is 62.0 Å². The number of thiazole rings is 1. The number of nitrogens with zero attached hydrogens (tertiary/aromatic N) is 4. The van der Waals surface area contributed by atoms with E-state index < -0.39 is 0 Å². The van der Waals surface area contributed by atoms with Gasteiger partial charge in [-0.2, -0.15) is 5.10 Å². The van der Waals surface area contributed by atoms with Gasteiger partial charge >= 0.3 is 6.03 Å². The van der Waals surface area contributed by atoms with Gasteiger partial charge in [0.15, 0.2) is 5.13 Å². The van der Waals surface area contributed by atoms with Crippen LogP contribution in [-0.4, -0.2) is 37.6 Å². The molecule has 4 rings (SSSR count). The van der Waals surface area contributed by atoms with Crippen molar-refractivity contribution in [2.45, 2.75) is 50.5 Å². The van der Waals surface area contributed by atoms with Gasteiger partial charge < -0.3 is 4.90 Å². The van der Waals surface area contributed by atoms with E-state index in [0.717, 1.165) is 37.3 Å². The zero-order chi connectivity index (χ0) is 15.6. The number of rotatable bonds is 3. The quantitative estimate of drug-likeness (QED) is 0.903. The first-order chi connectivity index (χ1) is 11.3. The number of aromatic nitrogens is 4. The van der Waals surface area contributed by atoms with Crippen molar-refractivity contribution in [3.63, 3.8) is 0 Å². The van der Waals surface area contributed by atoms with Gasteiger partial charge in [0.05, 0.1) is 11.7 Å². The fraction of sp³-hybridized carbons (Fsp3) is 0.600. The highest BCUT2D eigenvalue weighted by Gasteiger charge is 2.30. The highest BCUT2D eigenvalue weighted by molar-refractivity contribution is 7.13. The van der Waals surface area contributed by atoms with Gasteiger partial charge in [-0.05, 0) is 32.1 Å². The van der Waals surface area contributed by atoms with Crippen molar-refractivity contribution in [3.05, 3.63) is 23.2 Å².